The Kier molecular flexibility index (Phi) is 4.66. The second-order valence-corrected chi connectivity index (χ2v) is 5.69. The first kappa shape index (κ1) is 15.9. The molecule has 2 heterocycles. The fraction of sp³-hybridized carbons (Fsp3) is 0.125. The number of benzene rings is 1. The van der Waals surface area contributed by atoms with Gasteiger partial charge >= 0.3 is 5.97 Å². The van der Waals surface area contributed by atoms with E-state index in [0.29, 0.717) is 22.8 Å². The first-order valence-corrected chi connectivity index (χ1v) is 7.88. The highest BCUT2D eigenvalue weighted by molar-refractivity contribution is 7.13. The fourth-order valence-corrected chi connectivity index (χ4v) is 2.62. The van der Waals surface area contributed by atoms with Crippen molar-refractivity contribution in [3.8, 4) is 10.7 Å². The van der Waals surface area contributed by atoms with Crippen molar-refractivity contribution >= 4 is 23.2 Å². The van der Waals surface area contributed by atoms with Gasteiger partial charge in [0.05, 0.1) is 24.1 Å². The van der Waals surface area contributed by atoms with Crippen LogP contribution in [-0.4, -0.2) is 29.1 Å². The topological polar surface area (TPSA) is 94.3 Å². The lowest BCUT2D eigenvalue weighted by molar-refractivity contribution is 0.0600. The molecule has 8 heteroatoms. The third-order valence-corrected chi connectivity index (χ3v) is 4.04. The van der Waals surface area contributed by atoms with Crippen LogP contribution in [0.15, 0.2) is 46.3 Å². The van der Waals surface area contributed by atoms with Crippen molar-refractivity contribution in [2.24, 2.45) is 0 Å². The molecule has 24 heavy (non-hydrogen) atoms. The minimum absolute atomic E-state index is 0.121. The summed E-state index contributed by atoms with van der Waals surface area (Å²) in [4.78, 5) is 28.6. The summed E-state index contributed by atoms with van der Waals surface area (Å²) in [6.45, 7) is 0.121. The summed E-state index contributed by atoms with van der Waals surface area (Å²) < 4.78 is 9.72. The van der Waals surface area contributed by atoms with Gasteiger partial charge in [0.15, 0.2) is 0 Å². The summed E-state index contributed by atoms with van der Waals surface area (Å²) >= 11 is 1.51. The van der Waals surface area contributed by atoms with Crippen LogP contribution in [0, 0.1) is 0 Å². The molecule has 0 atom stereocenters. The van der Waals surface area contributed by atoms with Crippen LogP contribution in [0.4, 0.5) is 0 Å². The third kappa shape index (κ3) is 3.49. The summed E-state index contributed by atoms with van der Waals surface area (Å²) in [5.41, 5.74) is 0.798. The van der Waals surface area contributed by atoms with Crippen LogP contribution in [-0.2, 0) is 11.3 Å². The van der Waals surface area contributed by atoms with Gasteiger partial charge in [-0.15, -0.1) is 11.3 Å². The second kappa shape index (κ2) is 7.05. The molecule has 0 bridgehead atoms. The molecule has 0 saturated heterocycles. The Morgan fingerprint density at radius 3 is 2.62 bits per heavy atom. The molecule has 2 aromatic heterocycles. The molecule has 3 rings (SSSR count). The standard InChI is InChI=1S/C16H13N3O4S/c1-22-16(21)11-6-4-10(5-7-11)15(20)17-9-13-18-14(19-23-13)12-3-2-8-24-12/h2-8H,9H2,1H3,(H,17,20). The van der Waals surface area contributed by atoms with Gasteiger partial charge in [0, 0.05) is 5.56 Å². The number of amides is 1. The van der Waals surface area contributed by atoms with Crippen LogP contribution < -0.4 is 5.32 Å². The zero-order valence-corrected chi connectivity index (χ0v) is 13.5. The van der Waals surface area contributed by atoms with E-state index < -0.39 is 5.97 Å². The zero-order chi connectivity index (χ0) is 16.9. The average Bonchev–Trinajstić information content (AvgIpc) is 3.30. The molecule has 7 nitrogen and oxygen atoms in total. The molecule has 1 aromatic carbocycles. The first-order chi connectivity index (χ1) is 11.7. The van der Waals surface area contributed by atoms with E-state index in [-0.39, 0.29) is 12.5 Å². The van der Waals surface area contributed by atoms with E-state index in [0.717, 1.165) is 4.88 Å². The van der Waals surface area contributed by atoms with E-state index >= 15 is 0 Å². The summed E-state index contributed by atoms with van der Waals surface area (Å²) in [6.07, 6.45) is 0. The van der Waals surface area contributed by atoms with Crippen LogP contribution in [0.25, 0.3) is 10.7 Å². The van der Waals surface area contributed by atoms with Gasteiger partial charge in [-0.05, 0) is 35.7 Å². The van der Waals surface area contributed by atoms with Crippen LogP contribution >= 0.6 is 11.3 Å². The van der Waals surface area contributed by atoms with E-state index in [4.69, 9.17) is 4.52 Å². The van der Waals surface area contributed by atoms with Gasteiger partial charge in [-0.1, -0.05) is 11.2 Å². The highest BCUT2D eigenvalue weighted by Crippen LogP contribution is 2.21. The van der Waals surface area contributed by atoms with Gasteiger partial charge in [-0.2, -0.15) is 4.98 Å². The minimum atomic E-state index is -0.450. The number of nitrogens with zero attached hydrogens (tertiary/aromatic N) is 2. The monoisotopic (exact) mass is 343 g/mol. The number of ether oxygens (including phenoxy) is 1. The van der Waals surface area contributed by atoms with Crippen LogP contribution in [0.5, 0.6) is 0 Å². The van der Waals surface area contributed by atoms with E-state index in [1.165, 1.54) is 30.6 Å². The van der Waals surface area contributed by atoms with Crippen molar-refractivity contribution in [2.45, 2.75) is 6.54 Å². The Balaban J connectivity index is 1.60. The van der Waals surface area contributed by atoms with E-state index in [9.17, 15) is 9.59 Å². The number of nitrogens with one attached hydrogen (secondary N) is 1. The predicted molar refractivity (Wildman–Crippen MR) is 86.6 cm³/mol. The Labute approximate surface area is 141 Å². The Morgan fingerprint density at radius 2 is 1.96 bits per heavy atom. The van der Waals surface area contributed by atoms with Crippen LogP contribution in [0.3, 0.4) is 0 Å². The largest absolute Gasteiger partial charge is 0.465 e. The molecule has 3 aromatic rings. The van der Waals surface area contributed by atoms with E-state index in [1.807, 2.05) is 17.5 Å². The highest BCUT2D eigenvalue weighted by Gasteiger charge is 2.12. The summed E-state index contributed by atoms with van der Waals surface area (Å²) in [5, 5.41) is 8.48. The molecule has 0 aliphatic carbocycles. The van der Waals surface area contributed by atoms with Crippen molar-refractivity contribution in [3.05, 3.63) is 58.8 Å². The van der Waals surface area contributed by atoms with Gasteiger partial charge in [0.2, 0.25) is 11.7 Å². The summed E-state index contributed by atoms with van der Waals surface area (Å²) in [6, 6.07) is 9.94. The lowest BCUT2D eigenvalue weighted by Gasteiger charge is -2.03. The number of methoxy groups -OCH3 is 1. The van der Waals surface area contributed by atoms with E-state index in [1.54, 1.807) is 12.1 Å². The Hall–Kier alpha value is -3.00. The van der Waals surface area contributed by atoms with Gasteiger partial charge in [0.1, 0.15) is 0 Å². The van der Waals surface area contributed by atoms with Crippen molar-refractivity contribution in [3.63, 3.8) is 0 Å². The molecule has 0 aliphatic heterocycles. The molecule has 0 radical (unpaired) electrons. The maximum absolute atomic E-state index is 12.1. The van der Waals surface area contributed by atoms with E-state index in [2.05, 4.69) is 20.2 Å². The Bertz CT molecular complexity index is 841. The molecule has 1 amide bonds. The molecule has 0 spiro atoms. The zero-order valence-electron chi connectivity index (χ0n) is 12.7. The molecular formula is C16H13N3O4S. The molecule has 122 valence electrons. The molecule has 0 saturated carbocycles. The van der Waals surface area contributed by atoms with Gasteiger partial charge in [-0.25, -0.2) is 4.79 Å². The molecule has 0 unspecified atom stereocenters. The number of aromatic nitrogens is 2. The smallest absolute Gasteiger partial charge is 0.337 e. The second-order valence-electron chi connectivity index (χ2n) is 4.74. The average molecular weight is 343 g/mol. The number of rotatable bonds is 5. The number of thiophene rings is 1. The molecule has 1 N–H and O–H groups in total. The van der Waals surface area contributed by atoms with Crippen LogP contribution in [0.1, 0.15) is 26.6 Å². The number of carbonyl (C=O) groups is 2. The SMILES string of the molecule is COC(=O)c1ccc(C(=O)NCc2nc(-c3cccs3)no2)cc1. The fourth-order valence-electron chi connectivity index (χ4n) is 1.97. The molecule has 0 fully saturated rings. The molecule has 0 aliphatic rings. The quantitative estimate of drug-likeness (QED) is 0.715. The third-order valence-electron chi connectivity index (χ3n) is 3.18. The van der Waals surface area contributed by atoms with Crippen molar-refractivity contribution in [1.82, 2.24) is 15.5 Å². The lowest BCUT2D eigenvalue weighted by Crippen LogP contribution is -2.23. The first-order valence-electron chi connectivity index (χ1n) is 7.00. The highest BCUT2D eigenvalue weighted by atomic mass is 32.1. The number of hydrogen-bond acceptors (Lipinski definition) is 7. The summed E-state index contributed by atoms with van der Waals surface area (Å²) in [5.74, 6) is 0.0609. The number of carbonyl (C=O) groups excluding carboxylic acids is 2. The maximum atomic E-state index is 12.1. The normalized spacial score (nSPS) is 10.4. The molecular weight excluding hydrogens is 330 g/mol. The van der Waals surface area contributed by atoms with Gasteiger partial charge < -0.3 is 14.6 Å². The van der Waals surface area contributed by atoms with Crippen molar-refractivity contribution in [2.75, 3.05) is 7.11 Å². The lowest BCUT2D eigenvalue weighted by atomic mass is 10.1. The Morgan fingerprint density at radius 1 is 1.21 bits per heavy atom. The maximum Gasteiger partial charge on any atom is 0.337 e. The van der Waals surface area contributed by atoms with Gasteiger partial charge in [0.25, 0.3) is 5.91 Å². The van der Waals surface area contributed by atoms with Crippen molar-refractivity contribution in [1.29, 1.82) is 0 Å². The number of hydrogen-bond donors (Lipinski definition) is 1. The minimum Gasteiger partial charge on any atom is -0.465 e. The predicted octanol–water partition coefficient (Wildman–Crippen LogP) is 2.51. The summed E-state index contributed by atoms with van der Waals surface area (Å²) in [7, 11) is 1.30. The number of esters is 1. The van der Waals surface area contributed by atoms with Gasteiger partial charge in [-0.3, -0.25) is 4.79 Å². The van der Waals surface area contributed by atoms with Crippen LogP contribution in [0.2, 0.25) is 0 Å². The van der Waals surface area contributed by atoms with Crippen molar-refractivity contribution < 1.29 is 18.8 Å².